The zero-order valence-corrected chi connectivity index (χ0v) is 18.4. The van der Waals surface area contributed by atoms with Gasteiger partial charge in [-0.15, -0.1) is 0 Å². The van der Waals surface area contributed by atoms with E-state index in [4.69, 9.17) is 4.74 Å². The van der Waals surface area contributed by atoms with Crippen molar-refractivity contribution < 1.29 is 14.6 Å². The number of ether oxygens (including phenoxy) is 1. The summed E-state index contributed by atoms with van der Waals surface area (Å²) in [4.78, 5) is 11.8. The number of carbonyl (C=O) groups is 1. The molecule has 2 fully saturated rings. The minimum absolute atomic E-state index is 0.0794. The van der Waals surface area contributed by atoms with Crippen LogP contribution in [-0.4, -0.2) is 23.1 Å². The average molecular weight is 418 g/mol. The summed E-state index contributed by atoms with van der Waals surface area (Å²) in [7, 11) is 0. The standard InChI is InChI=1S/C27H31NO3/c1-17(29)18-3-5-19(6-4-18)23-15-26(2)24(9-11-27(26,30)12-13-28)22-8-7-20-16-31-14-10-21(20)25(22)23/h3-6,9,11,16,21-25,30H,7-8,10,12,14-15H2,1-2H3/t21-,22-,23+,24-,25+,26-,27+/m0/s1. The Balaban J connectivity index is 1.60. The van der Waals surface area contributed by atoms with Gasteiger partial charge in [-0.1, -0.05) is 43.3 Å². The summed E-state index contributed by atoms with van der Waals surface area (Å²) in [6, 6.07) is 10.4. The first-order valence-corrected chi connectivity index (χ1v) is 11.6. The Morgan fingerprint density at radius 3 is 2.74 bits per heavy atom. The molecule has 0 unspecified atom stereocenters. The van der Waals surface area contributed by atoms with E-state index in [2.05, 4.69) is 31.2 Å². The number of rotatable bonds is 3. The van der Waals surface area contributed by atoms with E-state index in [1.54, 1.807) is 6.92 Å². The highest BCUT2D eigenvalue weighted by molar-refractivity contribution is 5.94. The molecule has 5 rings (SSSR count). The van der Waals surface area contributed by atoms with E-state index in [-0.39, 0.29) is 29.5 Å². The number of nitriles is 1. The summed E-state index contributed by atoms with van der Waals surface area (Å²) in [5.74, 6) is 2.11. The molecule has 4 heteroatoms. The smallest absolute Gasteiger partial charge is 0.159 e. The molecule has 4 aliphatic rings. The van der Waals surface area contributed by atoms with Crippen molar-refractivity contribution in [2.45, 2.75) is 57.5 Å². The molecule has 31 heavy (non-hydrogen) atoms. The Morgan fingerprint density at radius 1 is 1.26 bits per heavy atom. The highest BCUT2D eigenvalue weighted by Crippen LogP contribution is 2.66. The fourth-order valence-corrected chi connectivity index (χ4v) is 7.30. The topological polar surface area (TPSA) is 70.3 Å². The quantitative estimate of drug-likeness (QED) is 0.545. The maximum atomic E-state index is 11.8. The molecule has 2 saturated carbocycles. The van der Waals surface area contributed by atoms with Crippen molar-refractivity contribution in [3.8, 4) is 6.07 Å². The monoisotopic (exact) mass is 417 g/mol. The van der Waals surface area contributed by atoms with Crippen LogP contribution in [0.15, 0.2) is 48.3 Å². The predicted octanol–water partition coefficient (Wildman–Crippen LogP) is 5.16. The van der Waals surface area contributed by atoms with Gasteiger partial charge in [0.1, 0.15) is 5.60 Å². The number of ketones is 1. The maximum Gasteiger partial charge on any atom is 0.159 e. The molecule has 0 bridgehead atoms. The minimum atomic E-state index is -1.08. The Hall–Kier alpha value is -2.38. The first-order valence-electron chi connectivity index (χ1n) is 11.6. The lowest BCUT2D eigenvalue weighted by Crippen LogP contribution is -2.55. The lowest BCUT2D eigenvalue weighted by molar-refractivity contribution is -0.111. The molecule has 0 saturated heterocycles. The summed E-state index contributed by atoms with van der Waals surface area (Å²) in [5, 5.41) is 21.0. The third-order valence-corrected chi connectivity index (χ3v) is 8.95. The summed E-state index contributed by atoms with van der Waals surface area (Å²) in [6.45, 7) is 4.56. The number of allylic oxidation sites excluding steroid dienone is 2. The third kappa shape index (κ3) is 3.01. The van der Waals surface area contributed by atoms with E-state index >= 15 is 0 Å². The molecule has 3 aliphatic carbocycles. The Kier molecular flexibility index (Phi) is 4.86. The first kappa shape index (κ1) is 20.5. The van der Waals surface area contributed by atoms with Gasteiger partial charge in [-0.05, 0) is 73.3 Å². The van der Waals surface area contributed by atoms with Crippen LogP contribution in [0.2, 0.25) is 0 Å². The van der Waals surface area contributed by atoms with Crippen LogP contribution in [0.1, 0.15) is 67.8 Å². The largest absolute Gasteiger partial charge is 0.501 e. The highest BCUT2D eigenvalue weighted by Gasteiger charge is 2.62. The van der Waals surface area contributed by atoms with Crippen LogP contribution in [0.25, 0.3) is 0 Å². The number of carbonyl (C=O) groups excluding carboxylic acids is 1. The molecule has 162 valence electrons. The summed E-state index contributed by atoms with van der Waals surface area (Å²) >= 11 is 0. The van der Waals surface area contributed by atoms with Crippen molar-refractivity contribution in [1.29, 1.82) is 5.26 Å². The lowest BCUT2D eigenvalue weighted by atomic mass is 9.46. The second-order valence-electron chi connectivity index (χ2n) is 10.3. The number of hydrogen-bond acceptors (Lipinski definition) is 4. The fraction of sp³-hybridized carbons (Fsp3) is 0.556. The van der Waals surface area contributed by atoms with E-state index < -0.39 is 5.60 Å². The van der Waals surface area contributed by atoms with Gasteiger partial charge in [0.2, 0.25) is 0 Å². The second-order valence-corrected chi connectivity index (χ2v) is 10.3. The molecule has 0 aromatic heterocycles. The van der Waals surface area contributed by atoms with Crippen LogP contribution >= 0.6 is 0 Å². The highest BCUT2D eigenvalue weighted by atomic mass is 16.5. The molecule has 0 spiro atoms. The number of benzene rings is 1. The van der Waals surface area contributed by atoms with E-state index in [0.29, 0.717) is 17.8 Å². The molecular formula is C27H31NO3. The molecule has 1 aromatic rings. The molecule has 1 aromatic carbocycles. The van der Waals surface area contributed by atoms with Gasteiger partial charge in [-0.2, -0.15) is 5.26 Å². The Labute approximate surface area is 184 Å². The van der Waals surface area contributed by atoms with Crippen LogP contribution in [-0.2, 0) is 4.74 Å². The first-order chi connectivity index (χ1) is 14.9. The number of Topliss-reactive ketones (excluding diaryl/α,β-unsaturated/α-hetero) is 1. The van der Waals surface area contributed by atoms with E-state index in [1.165, 1.54) is 11.1 Å². The number of fused-ring (bicyclic) bond motifs is 5. The minimum Gasteiger partial charge on any atom is -0.501 e. The van der Waals surface area contributed by atoms with Gasteiger partial charge in [0.15, 0.2) is 5.78 Å². The molecule has 7 atom stereocenters. The molecular weight excluding hydrogens is 386 g/mol. The molecule has 1 heterocycles. The van der Waals surface area contributed by atoms with Crippen molar-refractivity contribution in [2.75, 3.05) is 6.61 Å². The SMILES string of the molecule is CC(=O)c1ccc([C@H]2C[C@@]3(C)[C@@H](C=C[C@@]3(O)CC#N)[C@@H]3CCC4=COCC[C@@H]4[C@H]32)cc1. The van der Waals surface area contributed by atoms with Gasteiger partial charge in [0.25, 0.3) is 0 Å². The van der Waals surface area contributed by atoms with Gasteiger partial charge < -0.3 is 9.84 Å². The number of aliphatic hydroxyl groups is 1. The van der Waals surface area contributed by atoms with Gasteiger partial charge in [-0.3, -0.25) is 4.79 Å². The predicted molar refractivity (Wildman–Crippen MR) is 118 cm³/mol. The van der Waals surface area contributed by atoms with Crippen LogP contribution in [0, 0.1) is 40.4 Å². The van der Waals surface area contributed by atoms with Crippen LogP contribution in [0.4, 0.5) is 0 Å². The zero-order valence-electron chi connectivity index (χ0n) is 18.4. The molecule has 0 radical (unpaired) electrons. The van der Waals surface area contributed by atoms with E-state index in [1.807, 2.05) is 24.5 Å². The van der Waals surface area contributed by atoms with Gasteiger partial charge in [0.05, 0.1) is 25.4 Å². The van der Waals surface area contributed by atoms with Crippen molar-refractivity contribution >= 4 is 5.78 Å². The van der Waals surface area contributed by atoms with Gasteiger partial charge in [0, 0.05) is 11.0 Å². The van der Waals surface area contributed by atoms with Crippen LogP contribution in [0.3, 0.4) is 0 Å². The van der Waals surface area contributed by atoms with Gasteiger partial charge >= 0.3 is 0 Å². The lowest BCUT2D eigenvalue weighted by Gasteiger charge is -2.58. The average Bonchev–Trinajstić information content (AvgIpc) is 3.03. The molecule has 1 aliphatic heterocycles. The van der Waals surface area contributed by atoms with Crippen molar-refractivity contribution in [3.63, 3.8) is 0 Å². The van der Waals surface area contributed by atoms with Crippen LogP contribution in [0.5, 0.6) is 0 Å². The van der Waals surface area contributed by atoms with Crippen LogP contribution < -0.4 is 0 Å². The number of nitrogens with zero attached hydrogens (tertiary/aromatic N) is 1. The zero-order chi connectivity index (χ0) is 21.8. The fourth-order valence-electron chi connectivity index (χ4n) is 7.30. The maximum absolute atomic E-state index is 11.8. The van der Waals surface area contributed by atoms with Crippen molar-refractivity contribution in [3.05, 3.63) is 59.4 Å². The van der Waals surface area contributed by atoms with E-state index in [0.717, 1.165) is 37.9 Å². The van der Waals surface area contributed by atoms with Crippen molar-refractivity contribution in [2.24, 2.45) is 29.1 Å². The Bertz CT molecular complexity index is 987. The summed E-state index contributed by atoms with van der Waals surface area (Å²) in [5.41, 5.74) is 1.98. The summed E-state index contributed by atoms with van der Waals surface area (Å²) < 4.78 is 5.68. The van der Waals surface area contributed by atoms with Crippen molar-refractivity contribution in [1.82, 2.24) is 0 Å². The molecule has 0 amide bonds. The van der Waals surface area contributed by atoms with E-state index in [9.17, 15) is 15.2 Å². The molecule has 1 N–H and O–H groups in total. The summed E-state index contributed by atoms with van der Waals surface area (Å²) in [6.07, 6.45) is 10.3. The molecule has 4 nitrogen and oxygen atoms in total. The Morgan fingerprint density at radius 2 is 2.03 bits per heavy atom. The second kappa shape index (κ2) is 7.35. The third-order valence-electron chi connectivity index (χ3n) is 8.95. The van der Waals surface area contributed by atoms with Gasteiger partial charge in [-0.25, -0.2) is 0 Å². The normalized spacial score (nSPS) is 40.6. The number of hydrogen-bond donors (Lipinski definition) is 1.